The van der Waals surface area contributed by atoms with E-state index in [0.29, 0.717) is 25.1 Å². The van der Waals surface area contributed by atoms with Gasteiger partial charge in [-0.15, -0.1) is 0 Å². The van der Waals surface area contributed by atoms with Crippen molar-refractivity contribution in [1.29, 1.82) is 0 Å². The van der Waals surface area contributed by atoms with Crippen molar-refractivity contribution in [1.82, 2.24) is 15.6 Å². The Morgan fingerprint density at radius 2 is 1.35 bits per heavy atom. The third-order valence-corrected chi connectivity index (χ3v) is 4.84. The summed E-state index contributed by atoms with van der Waals surface area (Å²) < 4.78 is 0. The van der Waals surface area contributed by atoms with Crippen LogP contribution in [0.15, 0.2) is 79.1 Å². The van der Waals surface area contributed by atoms with Gasteiger partial charge in [-0.1, -0.05) is 67.7 Å². The van der Waals surface area contributed by atoms with Gasteiger partial charge in [0.05, 0.1) is 5.56 Å². The maximum atomic E-state index is 12.0. The molecule has 0 bridgehead atoms. The van der Waals surface area contributed by atoms with Crippen molar-refractivity contribution in [2.24, 2.45) is 0 Å². The van der Waals surface area contributed by atoms with Crippen LogP contribution in [0.1, 0.15) is 74.3 Å². The number of rotatable bonds is 17. The van der Waals surface area contributed by atoms with Crippen LogP contribution in [0, 0.1) is 6.92 Å². The van der Waals surface area contributed by atoms with Gasteiger partial charge < -0.3 is 10.6 Å². The van der Waals surface area contributed by atoms with Crippen molar-refractivity contribution in [2.75, 3.05) is 13.1 Å². The molecule has 1 heterocycles. The fraction of sp³-hybridized carbons (Fsp3) is 0.414. The van der Waals surface area contributed by atoms with Crippen LogP contribution in [0.4, 0.5) is 0 Å². The lowest BCUT2D eigenvalue weighted by atomic mass is 10.2. The molecule has 0 spiro atoms. The molecule has 1 rings (SSSR count). The summed E-state index contributed by atoms with van der Waals surface area (Å²) in [5, 5.41) is 5.61. The molecule has 0 aromatic carbocycles. The van der Waals surface area contributed by atoms with Crippen LogP contribution in [0.3, 0.4) is 0 Å². The van der Waals surface area contributed by atoms with Crippen molar-refractivity contribution in [2.45, 2.75) is 65.2 Å². The summed E-state index contributed by atoms with van der Waals surface area (Å²) in [4.78, 5) is 27.9. The second-order valence-corrected chi connectivity index (χ2v) is 7.89. The molecule has 0 fully saturated rings. The Morgan fingerprint density at radius 3 is 1.91 bits per heavy atom. The minimum absolute atomic E-state index is 0.0126. The van der Waals surface area contributed by atoms with Crippen molar-refractivity contribution >= 4 is 11.8 Å². The summed E-state index contributed by atoms with van der Waals surface area (Å²) in [5.41, 5.74) is 1.39. The van der Waals surface area contributed by atoms with Crippen LogP contribution < -0.4 is 10.6 Å². The van der Waals surface area contributed by atoms with Gasteiger partial charge in [0, 0.05) is 31.4 Å². The van der Waals surface area contributed by atoms with Crippen molar-refractivity contribution in [3.8, 4) is 0 Å². The molecule has 184 valence electrons. The maximum absolute atomic E-state index is 12.0. The van der Waals surface area contributed by atoms with Gasteiger partial charge in [0.2, 0.25) is 5.91 Å². The highest BCUT2D eigenvalue weighted by molar-refractivity contribution is 5.93. The fourth-order valence-corrected chi connectivity index (χ4v) is 2.92. The Hall–Kier alpha value is -3.21. The second kappa shape index (κ2) is 20.4. The molecule has 0 aliphatic heterocycles. The van der Waals surface area contributed by atoms with Gasteiger partial charge in [-0.25, -0.2) is 0 Å². The zero-order valence-electron chi connectivity index (χ0n) is 20.8. The third-order valence-electron chi connectivity index (χ3n) is 4.84. The number of hydrogen-bond acceptors (Lipinski definition) is 3. The first kappa shape index (κ1) is 28.8. The third kappa shape index (κ3) is 16.4. The Bertz CT molecular complexity index is 833. The number of aryl methyl sites for hydroxylation is 1. The first-order valence-electron chi connectivity index (χ1n) is 12.4. The van der Waals surface area contributed by atoms with E-state index < -0.39 is 0 Å². The lowest BCUT2D eigenvalue weighted by molar-refractivity contribution is -0.121. The molecule has 5 heteroatoms. The number of amides is 2. The van der Waals surface area contributed by atoms with Crippen LogP contribution >= 0.6 is 0 Å². The number of pyridine rings is 1. The molecular weight excluding hydrogens is 422 g/mol. The summed E-state index contributed by atoms with van der Waals surface area (Å²) in [6, 6.07) is 3.54. The molecule has 2 amide bonds. The lowest BCUT2D eigenvalue weighted by Gasteiger charge is -2.07. The first-order valence-corrected chi connectivity index (χ1v) is 12.4. The van der Waals surface area contributed by atoms with Crippen molar-refractivity contribution in [3.63, 3.8) is 0 Å². The summed E-state index contributed by atoms with van der Waals surface area (Å²) in [5.74, 6) is -0.168. The number of nitrogens with one attached hydrogen (secondary N) is 2. The van der Waals surface area contributed by atoms with Gasteiger partial charge in [0.25, 0.3) is 5.91 Å². The zero-order valence-corrected chi connectivity index (χ0v) is 20.8. The summed E-state index contributed by atoms with van der Waals surface area (Å²) in [6.45, 7) is 4.84. The highest BCUT2D eigenvalue weighted by Crippen LogP contribution is 2.00. The topological polar surface area (TPSA) is 71.1 Å². The molecule has 0 saturated heterocycles. The van der Waals surface area contributed by atoms with Gasteiger partial charge in [-0.05, 0) is 64.0 Å². The largest absolute Gasteiger partial charge is 0.354 e. The quantitative estimate of drug-likeness (QED) is 0.215. The van der Waals surface area contributed by atoms with E-state index in [9.17, 15) is 9.59 Å². The predicted octanol–water partition coefficient (Wildman–Crippen LogP) is 6.16. The monoisotopic (exact) mass is 463 g/mol. The van der Waals surface area contributed by atoms with E-state index in [2.05, 4.69) is 83.3 Å². The van der Waals surface area contributed by atoms with Gasteiger partial charge in [0.1, 0.15) is 0 Å². The Labute approximate surface area is 205 Å². The molecule has 34 heavy (non-hydrogen) atoms. The SMILES string of the molecule is CCC=CCC=CCC=CCC=CCC=CCCCC(=O)NCCNC(=O)c1ccc(C)nc1. The van der Waals surface area contributed by atoms with E-state index in [0.717, 1.165) is 50.6 Å². The number of carbonyl (C=O) groups is 2. The van der Waals surface area contributed by atoms with Crippen LogP contribution in [-0.4, -0.2) is 29.9 Å². The molecule has 0 saturated carbocycles. The molecule has 0 aliphatic rings. The maximum Gasteiger partial charge on any atom is 0.252 e. The summed E-state index contributed by atoms with van der Waals surface area (Å²) in [6.07, 6.45) is 30.5. The van der Waals surface area contributed by atoms with Gasteiger partial charge in [-0.2, -0.15) is 0 Å². The minimum atomic E-state index is -0.180. The van der Waals surface area contributed by atoms with Crippen molar-refractivity contribution < 1.29 is 9.59 Å². The molecular formula is C29H41N3O2. The van der Waals surface area contributed by atoms with Gasteiger partial charge >= 0.3 is 0 Å². The van der Waals surface area contributed by atoms with E-state index >= 15 is 0 Å². The minimum Gasteiger partial charge on any atom is -0.354 e. The van der Waals surface area contributed by atoms with Crippen LogP contribution in [-0.2, 0) is 4.79 Å². The highest BCUT2D eigenvalue weighted by atomic mass is 16.2. The molecule has 1 aromatic rings. The van der Waals surface area contributed by atoms with Gasteiger partial charge in [0.15, 0.2) is 0 Å². The number of hydrogen-bond donors (Lipinski definition) is 2. The normalized spacial score (nSPS) is 12.1. The van der Waals surface area contributed by atoms with E-state index in [-0.39, 0.29) is 11.8 Å². The van der Waals surface area contributed by atoms with E-state index in [1.54, 1.807) is 18.3 Å². The van der Waals surface area contributed by atoms with E-state index in [1.165, 1.54) is 0 Å². The number of unbranched alkanes of at least 4 members (excludes halogenated alkanes) is 1. The number of carbonyl (C=O) groups excluding carboxylic acids is 2. The molecule has 5 nitrogen and oxygen atoms in total. The number of allylic oxidation sites excluding steroid dienone is 10. The molecule has 0 atom stereocenters. The van der Waals surface area contributed by atoms with Crippen LogP contribution in [0.5, 0.6) is 0 Å². The number of aromatic nitrogens is 1. The van der Waals surface area contributed by atoms with E-state index in [4.69, 9.17) is 0 Å². The van der Waals surface area contributed by atoms with Crippen LogP contribution in [0.2, 0.25) is 0 Å². The standard InChI is InChI=1S/C29H41N3O2/c1-3-4-5-6-7-8-9-10-11-12-13-14-15-16-17-18-19-20-28(33)30-23-24-31-29(34)27-22-21-26(2)32-25-27/h4-5,7-8,10-11,13-14,16-17,21-22,25H,3,6,9,12,15,18-20,23-24H2,1-2H3,(H,30,33)(H,31,34). The van der Waals surface area contributed by atoms with Gasteiger partial charge in [-0.3, -0.25) is 14.6 Å². The van der Waals surface area contributed by atoms with Crippen molar-refractivity contribution in [3.05, 3.63) is 90.3 Å². The highest BCUT2D eigenvalue weighted by Gasteiger charge is 2.05. The molecule has 0 aliphatic carbocycles. The Balaban J connectivity index is 1.97. The Morgan fingerprint density at radius 1 is 0.794 bits per heavy atom. The summed E-state index contributed by atoms with van der Waals surface area (Å²) in [7, 11) is 0. The van der Waals surface area contributed by atoms with Crippen LogP contribution in [0.25, 0.3) is 0 Å². The predicted molar refractivity (Wildman–Crippen MR) is 143 cm³/mol. The molecule has 0 unspecified atom stereocenters. The lowest BCUT2D eigenvalue weighted by Crippen LogP contribution is -2.34. The smallest absolute Gasteiger partial charge is 0.252 e. The molecule has 0 radical (unpaired) electrons. The van der Waals surface area contributed by atoms with E-state index in [1.807, 2.05) is 6.92 Å². The molecule has 1 aromatic heterocycles. The zero-order chi connectivity index (χ0) is 24.7. The average molecular weight is 464 g/mol. The average Bonchev–Trinajstić information content (AvgIpc) is 2.84. The fourth-order valence-electron chi connectivity index (χ4n) is 2.92. The first-order chi connectivity index (χ1) is 16.6. The molecule has 2 N–H and O–H groups in total. The summed E-state index contributed by atoms with van der Waals surface area (Å²) >= 11 is 0. The second-order valence-electron chi connectivity index (χ2n) is 7.89. The number of nitrogens with zero attached hydrogens (tertiary/aromatic N) is 1. The Kier molecular flexibility index (Phi) is 17.3.